The smallest absolute Gasteiger partial charge is 0.427 e. The quantitative estimate of drug-likeness (QED) is 0.473. The molecule has 0 amide bonds. The van der Waals surface area contributed by atoms with Crippen LogP contribution in [-0.4, -0.2) is 27.0 Å². The van der Waals surface area contributed by atoms with Crippen molar-refractivity contribution in [1.82, 2.24) is 0 Å². The summed E-state index contributed by atoms with van der Waals surface area (Å²) in [6, 6.07) is 3.69. The van der Waals surface area contributed by atoms with Gasteiger partial charge in [-0.15, -0.1) is 0 Å². The van der Waals surface area contributed by atoms with E-state index in [2.05, 4.69) is 9.13 Å². The van der Waals surface area contributed by atoms with Crippen LogP contribution in [0.1, 0.15) is 0 Å². The van der Waals surface area contributed by atoms with Gasteiger partial charge in [0.15, 0.2) is 0 Å². The number of rotatable bonds is 5. The molecule has 0 bridgehead atoms. The van der Waals surface area contributed by atoms with Gasteiger partial charge in [-0.2, -0.15) is 26.0 Å². The van der Waals surface area contributed by atoms with Crippen molar-refractivity contribution in [3.63, 3.8) is 0 Å². The molecule has 1 rings (SSSR count). The van der Waals surface area contributed by atoms with E-state index in [1.54, 1.807) is 0 Å². The summed E-state index contributed by atoms with van der Waals surface area (Å²) in [7, 11) is -4.64. The molecule has 104 valence electrons. The van der Waals surface area contributed by atoms with Gasteiger partial charge in [-0.3, -0.25) is 0 Å². The number of ether oxygens (including phenoxy) is 1. The van der Waals surface area contributed by atoms with Gasteiger partial charge in [0.1, 0.15) is 10.6 Å². The monoisotopic (exact) mass is 299 g/mol. The summed E-state index contributed by atoms with van der Waals surface area (Å²) < 4.78 is 78.2. The van der Waals surface area contributed by atoms with Crippen LogP contribution in [0, 0.1) is 0 Å². The predicted molar refractivity (Wildman–Crippen MR) is 53.3 cm³/mol. The van der Waals surface area contributed by atoms with Crippen LogP contribution in [0.25, 0.3) is 0 Å². The van der Waals surface area contributed by atoms with Gasteiger partial charge in [-0.05, 0) is 12.1 Å². The van der Waals surface area contributed by atoms with E-state index < -0.39 is 33.2 Å². The fraction of sp³-hybridized carbons (Fsp3) is 0.222. The average molecular weight is 299 g/mol. The standard InChI is InChI=1S/C9H5F4NO4S/c10-8(11)9(12,13)18-6-3-1-2-4-7(6)19(16,17)14-5-15/h1-4,8H. The fourth-order valence-electron chi connectivity index (χ4n) is 1.04. The van der Waals surface area contributed by atoms with Gasteiger partial charge in [0.05, 0.1) is 0 Å². The number of hydrogen-bond acceptors (Lipinski definition) is 4. The first kappa shape index (κ1) is 15.1. The van der Waals surface area contributed by atoms with Crippen molar-refractivity contribution in [3.8, 4) is 5.75 Å². The molecule has 5 nitrogen and oxygen atoms in total. The fourth-order valence-corrected chi connectivity index (χ4v) is 1.85. The minimum Gasteiger partial charge on any atom is -0.427 e. The molecule has 0 unspecified atom stereocenters. The summed E-state index contributed by atoms with van der Waals surface area (Å²) in [5, 5.41) is 0. The molecule has 0 aliphatic heterocycles. The number of benzene rings is 1. The Labute approximate surface area is 104 Å². The minimum absolute atomic E-state index is 0.715. The molecule has 19 heavy (non-hydrogen) atoms. The maximum absolute atomic E-state index is 12.7. The molecular formula is C9H5F4NO4S. The van der Waals surface area contributed by atoms with E-state index in [-0.39, 0.29) is 0 Å². The maximum Gasteiger partial charge on any atom is 0.461 e. The molecule has 0 saturated carbocycles. The van der Waals surface area contributed by atoms with E-state index in [1.807, 2.05) is 0 Å². The third kappa shape index (κ3) is 3.52. The predicted octanol–water partition coefficient (Wildman–Crippen LogP) is 1.95. The number of alkyl halides is 4. The molecule has 0 N–H and O–H groups in total. The number of hydrogen-bond donors (Lipinski definition) is 0. The zero-order valence-corrected chi connectivity index (χ0v) is 9.70. The maximum atomic E-state index is 12.7. The Morgan fingerprint density at radius 2 is 1.84 bits per heavy atom. The lowest BCUT2D eigenvalue weighted by molar-refractivity contribution is -0.254. The largest absolute Gasteiger partial charge is 0.461 e. The second-order valence-corrected chi connectivity index (χ2v) is 4.64. The Kier molecular flexibility index (Phi) is 4.28. The van der Waals surface area contributed by atoms with Crippen LogP contribution < -0.4 is 4.74 Å². The van der Waals surface area contributed by atoms with Crippen LogP contribution in [0.3, 0.4) is 0 Å². The van der Waals surface area contributed by atoms with E-state index in [1.165, 1.54) is 0 Å². The number of carbonyl (C=O) groups excluding carboxylic acids is 1. The van der Waals surface area contributed by atoms with Crippen LogP contribution >= 0.6 is 0 Å². The van der Waals surface area contributed by atoms with E-state index in [0.29, 0.717) is 6.08 Å². The van der Waals surface area contributed by atoms with Gasteiger partial charge >= 0.3 is 12.5 Å². The first-order chi connectivity index (χ1) is 8.70. The highest BCUT2D eigenvalue weighted by molar-refractivity contribution is 7.90. The van der Waals surface area contributed by atoms with E-state index >= 15 is 0 Å². The first-order valence-corrected chi connectivity index (χ1v) is 5.93. The molecular weight excluding hydrogens is 294 g/mol. The Hall–Kier alpha value is -1.93. The summed E-state index contributed by atoms with van der Waals surface area (Å²) in [6.07, 6.45) is -8.32. The van der Waals surface area contributed by atoms with Gasteiger partial charge < -0.3 is 4.74 Å². The second-order valence-electron chi connectivity index (χ2n) is 3.07. The van der Waals surface area contributed by atoms with Crippen molar-refractivity contribution in [2.75, 3.05) is 0 Å². The molecule has 0 aliphatic carbocycles. The normalized spacial score (nSPS) is 12.1. The summed E-state index contributed by atoms with van der Waals surface area (Å²) >= 11 is 0. The molecule has 0 spiro atoms. The van der Waals surface area contributed by atoms with Crippen LogP contribution in [0.15, 0.2) is 33.6 Å². The van der Waals surface area contributed by atoms with E-state index in [4.69, 9.17) is 0 Å². The van der Waals surface area contributed by atoms with Crippen molar-refractivity contribution in [2.45, 2.75) is 17.4 Å². The lowest BCUT2D eigenvalue weighted by Crippen LogP contribution is -2.33. The summed E-state index contributed by atoms with van der Waals surface area (Å²) in [6.45, 7) is 0. The number of isocyanates is 1. The van der Waals surface area contributed by atoms with Crippen molar-refractivity contribution < 1.29 is 35.5 Å². The molecule has 10 heteroatoms. The molecule has 0 saturated heterocycles. The number of halogens is 4. The van der Waals surface area contributed by atoms with E-state index in [9.17, 15) is 30.8 Å². The minimum atomic E-state index is -4.88. The topological polar surface area (TPSA) is 72.8 Å². The Morgan fingerprint density at radius 1 is 1.26 bits per heavy atom. The Bertz CT molecular complexity index is 610. The third-order valence-electron chi connectivity index (χ3n) is 1.78. The molecule has 0 aromatic heterocycles. The second kappa shape index (κ2) is 5.37. The molecule has 0 heterocycles. The Morgan fingerprint density at radius 3 is 2.37 bits per heavy atom. The van der Waals surface area contributed by atoms with Crippen LogP contribution in [0.2, 0.25) is 0 Å². The molecule has 1 aromatic rings. The third-order valence-corrected chi connectivity index (χ3v) is 2.99. The number of para-hydroxylation sites is 1. The zero-order valence-electron chi connectivity index (χ0n) is 8.89. The lowest BCUT2D eigenvalue weighted by atomic mass is 10.3. The molecule has 0 fully saturated rings. The highest BCUT2D eigenvalue weighted by Crippen LogP contribution is 2.32. The molecule has 0 radical (unpaired) electrons. The summed E-state index contributed by atoms with van der Waals surface area (Å²) in [5.74, 6) is -1.05. The molecule has 0 aliphatic rings. The first-order valence-electron chi connectivity index (χ1n) is 4.49. The average Bonchev–Trinajstić information content (AvgIpc) is 2.28. The van der Waals surface area contributed by atoms with Crippen LogP contribution in [0.4, 0.5) is 17.6 Å². The van der Waals surface area contributed by atoms with Crippen molar-refractivity contribution in [1.29, 1.82) is 0 Å². The number of sulfonamides is 1. The number of nitrogens with zero attached hydrogens (tertiary/aromatic N) is 1. The zero-order chi connectivity index (χ0) is 14.7. The Balaban J connectivity index is 3.29. The highest BCUT2D eigenvalue weighted by Gasteiger charge is 2.44. The van der Waals surface area contributed by atoms with Gasteiger partial charge in [-0.1, -0.05) is 16.5 Å². The van der Waals surface area contributed by atoms with Gasteiger partial charge in [0.25, 0.3) is 16.1 Å². The molecule has 1 aromatic carbocycles. The van der Waals surface area contributed by atoms with Gasteiger partial charge in [0, 0.05) is 0 Å². The SMILES string of the molecule is O=C=NS(=O)(=O)c1ccccc1OC(F)(F)C(F)F. The van der Waals surface area contributed by atoms with E-state index in [0.717, 1.165) is 24.3 Å². The summed E-state index contributed by atoms with van der Waals surface area (Å²) in [4.78, 5) is 8.97. The highest BCUT2D eigenvalue weighted by atomic mass is 32.2. The lowest BCUT2D eigenvalue weighted by Gasteiger charge is -2.18. The molecule has 0 atom stereocenters. The van der Waals surface area contributed by atoms with Gasteiger partial charge in [-0.25, -0.2) is 4.79 Å². The van der Waals surface area contributed by atoms with Gasteiger partial charge in [0.2, 0.25) is 0 Å². The van der Waals surface area contributed by atoms with Crippen LogP contribution in [-0.2, 0) is 14.8 Å². The van der Waals surface area contributed by atoms with Crippen molar-refractivity contribution in [3.05, 3.63) is 24.3 Å². The van der Waals surface area contributed by atoms with Crippen LogP contribution in [0.5, 0.6) is 5.75 Å². The van der Waals surface area contributed by atoms with Crippen molar-refractivity contribution in [2.24, 2.45) is 4.40 Å². The van der Waals surface area contributed by atoms with Crippen molar-refractivity contribution >= 4 is 16.1 Å². The summed E-state index contributed by atoms with van der Waals surface area (Å²) in [5.41, 5.74) is 0.